The highest BCUT2D eigenvalue weighted by Gasteiger charge is 2.43. The van der Waals surface area contributed by atoms with Crippen molar-refractivity contribution in [3.63, 3.8) is 0 Å². The second-order valence-electron chi connectivity index (χ2n) is 5.70. The van der Waals surface area contributed by atoms with Crippen LogP contribution in [0.15, 0.2) is 12.4 Å². The molecular formula is C15H25N3O3. The number of rotatable bonds is 6. The SMILES string of the molecule is CCOC(=O)C1(COC)CCCN(Cc2nccn2C)C1. The van der Waals surface area contributed by atoms with Crippen LogP contribution < -0.4 is 0 Å². The third kappa shape index (κ3) is 3.63. The van der Waals surface area contributed by atoms with Gasteiger partial charge in [0, 0.05) is 33.1 Å². The first kappa shape index (κ1) is 16.0. The Hall–Kier alpha value is -1.40. The van der Waals surface area contributed by atoms with E-state index in [1.165, 1.54) is 0 Å². The molecule has 0 amide bonds. The molecule has 1 aliphatic rings. The number of carbonyl (C=O) groups excluding carboxylic acids is 1. The van der Waals surface area contributed by atoms with E-state index >= 15 is 0 Å². The van der Waals surface area contributed by atoms with Gasteiger partial charge in [0.25, 0.3) is 0 Å². The Balaban J connectivity index is 2.09. The van der Waals surface area contributed by atoms with Crippen molar-refractivity contribution in [2.75, 3.05) is 33.4 Å². The minimum Gasteiger partial charge on any atom is -0.465 e. The van der Waals surface area contributed by atoms with Crippen LogP contribution >= 0.6 is 0 Å². The third-order valence-corrected chi connectivity index (χ3v) is 4.07. The summed E-state index contributed by atoms with van der Waals surface area (Å²) in [7, 11) is 3.62. The molecule has 0 bridgehead atoms. The monoisotopic (exact) mass is 295 g/mol. The second-order valence-corrected chi connectivity index (χ2v) is 5.70. The minimum absolute atomic E-state index is 0.142. The average Bonchev–Trinajstić information content (AvgIpc) is 2.85. The molecule has 1 aromatic rings. The average molecular weight is 295 g/mol. The van der Waals surface area contributed by atoms with Crippen LogP contribution in [0.5, 0.6) is 0 Å². The summed E-state index contributed by atoms with van der Waals surface area (Å²) in [5.74, 6) is 0.864. The van der Waals surface area contributed by atoms with Gasteiger partial charge in [0.2, 0.25) is 0 Å². The second kappa shape index (κ2) is 7.04. The molecule has 1 atom stereocenters. The number of hydrogen-bond donors (Lipinski definition) is 0. The maximum absolute atomic E-state index is 12.4. The van der Waals surface area contributed by atoms with Gasteiger partial charge < -0.3 is 14.0 Å². The van der Waals surface area contributed by atoms with Crippen LogP contribution in [0.25, 0.3) is 0 Å². The topological polar surface area (TPSA) is 56.6 Å². The molecule has 0 aliphatic carbocycles. The van der Waals surface area contributed by atoms with Crippen LogP contribution in [0.1, 0.15) is 25.6 Å². The Kier molecular flexibility index (Phi) is 5.36. The molecule has 0 N–H and O–H groups in total. The number of methoxy groups -OCH3 is 1. The van der Waals surface area contributed by atoms with Gasteiger partial charge in [-0.2, -0.15) is 0 Å². The van der Waals surface area contributed by atoms with Crippen LogP contribution in [0, 0.1) is 5.41 Å². The zero-order chi connectivity index (χ0) is 15.3. The summed E-state index contributed by atoms with van der Waals surface area (Å²) >= 11 is 0. The number of likely N-dealkylation sites (tertiary alicyclic amines) is 1. The lowest BCUT2D eigenvalue weighted by Crippen LogP contribution is -2.50. The number of aryl methyl sites for hydroxylation is 1. The van der Waals surface area contributed by atoms with Crippen molar-refractivity contribution in [2.45, 2.75) is 26.3 Å². The number of ether oxygens (including phenoxy) is 2. The molecule has 6 heteroatoms. The van der Waals surface area contributed by atoms with E-state index in [1.807, 2.05) is 24.7 Å². The Labute approximate surface area is 126 Å². The highest BCUT2D eigenvalue weighted by atomic mass is 16.5. The highest BCUT2D eigenvalue weighted by Crippen LogP contribution is 2.32. The van der Waals surface area contributed by atoms with Gasteiger partial charge in [0.15, 0.2) is 0 Å². The summed E-state index contributed by atoms with van der Waals surface area (Å²) in [6.45, 7) is 5.03. The maximum atomic E-state index is 12.4. The molecule has 6 nitrogen and oxygen atoms in total. The van der Waals surface area contributed by atoms with Gasteiger partial charge in [-0.15, -0.1) is 0 Å². The summed E-state index contributed by atoms with van der Waals surface area (Å²) < 4.78 is 12.6. The van der Waals surface area contributed by atoms with Crippen molar-refractivity contribution in [1.29, 1.82) is 0 Å². The van der Waals surface area contributed by atoms with E-state index in [-0.39, 0.29) is 5.97 Å². The molecule has 0 aromatic carbocycles. The van der Waals surface area contributed by atoms with Gasteiger partial charge in [-0.25, -0.2) is 4.98 Å². The van der Waals surface area contributed by atoms with Gasteiger partial charge in [-0.3, -0.25) is 9.69 Å². The lowest BCUT2D eigenvalue weighted by molar-refractivity contribution is -0.163. The number of esters is 1. The molecule has 1 aromatic heterocycles. The third-order valence-electron chi connectivity index (χ3n) is 4.07. The van der Waals surface area contributed by atoms with E-state index in [4.69, 9.17) is 9.47 Å². The number of aromatic nitrogens is 2. The highest BCUT2D eigenvalue weighted by molar-refractivity contribution is 5.77. The fraction of sp³-hybridized carbons (Fsp3) is 0.733. The molecule has 0 radical (unpaired) electrons. The van der Waals surface area contributed by atoms with E-state index in [9.17, 15) is 4.79 Å². The molecule has 1 fully saturated rings. The van der Waals surface area contributed by atoms with Crippen LogP contribution in [-0.2, 0) is 27.9 Å². The summed E-state index contributed by atoms with van der Waals surface area (Å²) in [4.78, 5) is 19.0. The fourth-order valence-electron chi connectivity index (χ4n) is 3.01. The van der Waals surface area contributed by atoms with E-state index < -0.39 is 5.41 Å². The Morgan fingerprint density at radius 3 is 2.95 bits per heavy atom. The van der Waals surface area contributed by atoms with E-state index in [1.54, 1.807) is 13.3 Å². The van der Waals surface area contributed by atoms with Gasteiger partial charge in [0.1, 0.15) is 11.2 Å². The molecule has 0 spiro atoms. The first-order valence-electron chi connectivity index (χ1n) is 7.46. The smallest absolute Gasteiger partial charge is 0.315 e. The van der Waals surface area contributed by atoms with E-state index in [0.717, 1.165) is 31.8 Å². The van der Waals surface area contributed by atoms with Crippen LogP contribution in [0.3, 0.4) is 0 Å². The van der Waals surface area contributed by atoms with E-state index in [2.05, 4.69) is 9.88 Å². The zero-order valence-corrected chi connectivity index (χ0v) is 13.2. The van der Waals surface area contributed by atoms with Crippen LogP contribution in [0.4, 0.5) is 0 Å². The molecule has 21 heavy (non-hydrogen) atoms. The van der Waals surface area contributed by atoms with Crippen LogP contribution in [0.2, 0.25) is 0 Å². The Morgan fingerprint density at radius 1 is 1.52 bits per heavy atom. The normalized spacial score (nSPS) is 23.2. The molecule has 1 aliphatic heterocycles. The van der Waals surface area contributed by atoms with Gasteiger partial charge in [-0.1, -0.05) is 0 Å². The van der Waals surface area contributed by atoms with Gasteiger partial charge in [-0.05, 0) is 26.3 Å². The van der Waals surface area contributed by atoms with Crippen molar-refractivity contribution >= 4 is 5.97 Å². The molecule has 2 rings (SSSR count). The lowest BCUT2D eigenvalue weighted by atomic mass is 9.80. The van der Waals surface area contributed by atoms with Gasteiger partial charge >= 0.3 is 5.97 Å². The first-order chi connectivity index (χ1) is 10.1. The summed E-state index contributed by atoms with van der Waals surface area (Å²) in [6.07, 6.45) is 5.52. The first-order valence-corrected chi connectivity index (χ1v) is 7.46. The summed E-state index contributed by atoms with van der Waals surface area (Å²) in [5, 5.41) is 0. The van der Waals surface area contributed by atoms with E-state index in [0.29, 0.717) is 19.8 Å². The van der Waals surface area contributed by atoms with Crippen molar-refractivity contribution < 1.29 is 14.3 Å². The standard InChI is InChI=1S/C15H25N3O3/c1-4-21-14(19)15(12-20-3)6-5-8-18(11-15)10-13-16-7-9-17(13)2/h7,9H,4-6,8,10-12H2,1-3H3. The predicted octanol–water partition coefficient (Wildman–Crippen LogP) is 1.21. The van der Waals surface area contributed by atoms with Crippen molar-refractivity contribution in [3.05, 3.63) is 18.2 Å². The zero-order valence-electron chi connectivity index (χ0n) is 13.2. The molecular weight excluding hydrogens is 270 g/mol. The largest absolute Gasteiger partial charge is 0.465 e. The number of hydrogen-bond acceptors (Lipinski definition) is 5. The van der Waals surface area contributed by atoms with Crippen LogP contribution in [-0.4, -0.2) is 53.8 Å². The molecule has 1 saturated heterocycles. The van der Waals surface area contributed by atoms with Gasteiger partial charge in [0.05, 0.1) is 19.8 Å². The molecule has 1 unspecified atom stereocenters. The summed E-state index contributed by atoms with van der Waals surface area (Å²) in [6, 6.07) is 0. The predicted molar refractivity (Wildman–Crippen MR) is 78.7 cm³/mol. The number of carbonyl (C=O) groups is 1. The maximum Gasteiger partial charge on any atom is 0.315 e. The number of imidazole rings is 1. The van der Waals surface area contributed by atoms with Crippen molar-refractivity contribution in [3.8, 4) is 0 Å². The Morgan fingerprint density at radius 2 is 2.33 bits per heavy atom. The summed E-state index contributed by atoms with van der Waals surface area (Å²) in [5.41, 5.74) is -0.547. The molecule has 2 heterocycles. The Bertz CT molecular complexity index is 470. The lowest BCUT2D eigenvalue weighted by Gasteiger charge is -2.40. The molecule has 118 valence electrons. The number of nitrogens with zero attached hydrogens (tertiary/aromatic N) is 3. The number of piperidine rings is 1. The van der Waals surface area contributed by atoms with Crippen molar-refractivity contribution in [2.24, 2.45) is 12.5 Å². The van der Waals surface area contributed by atoms with Crippen molar-refractivity contribution in [1.82, 2.24) is 14.5 Å². The fourth-order valence-corrected chi connectivity index (χ4v) is 3.01. The molecule has 0 saturated carbocycles. The quantitative estimate of drug-likeness (QED) is 0.738. The minimum atomic E-state index is -0.547.